The van der Waals surface area contributed by atoms with E-state index in [0.29, 0.717) is 24.1 Å². The number of Topliss-reactive ketones (excluding diaryl/α,β-unsaturated/α-hetero) is 1. The average molecular weight is 301 g/mol. The van der Waals surface area contributed by atoms with Crippen molar-refractivity contribution in [2.24, 2.45) is 11.8 Å². The molecule has 116 valence electrons. The lowest BCUT2D eigenvalue weighted by molar-refractivity contribution is -0.146. The van der Waals surface area contributed by atoms with Crippen LogP contribution < -0.4 is 5.32 Å². The Morgan fingerprint density at radius 2 is 1.77 bits per heavy atom. The second-order valence-corrected chi connectivity index (χ2v) is 5.66. The number of carboxylic acid groups (broad SMARTS) is 1. The molecule has 0 fully saturated rings. The minimum atomic E-state index is -0.948. The second-order valence-electron chi connectivity index (χ2n) is 5.66. The predicted octanol–water partition coefficient (Wildman–Crippen LogP) is 2.88. The Morgan fingerprint density at radius 1 is 1.14 bits per heavy atom. The summed E-state index contributed by atoms with van der Waals surface area (Å²) < 4.78 is 0. The van der Waals surface area contributed by atoms with Gasteiger partial charge in [-0.25, -0.2) is 0 Å². The van der Waals surface area contributed by atoms with Crippen LogP contribution in [-0.4, -0.2) is 22.8 Å². The zero-order chi connectivity index (χ0) is 16.3. The zero-order valence-electron chi connectivity index (χ0n) is 12.6. The third-order valence-corrected chi connectivity index (χ3v) is 3.96. The number of nitrogens with one attached hydrogen (secondary N) is 1. The van der Waals surface area contributed by atoms with Gasteiger partial charge in [-0.1, -0.05) is 11.6 Å². The number of aliphatic carboxylic acids is 1. The molecule has 1 aliphatic rings. The van der Waals surface area contributed by atoms with Crippen LogP contribution in [0.25, 0.3) is 0 Å². The summed E-state index contributed by atoms with van der Waals surface area (Å²) in [6, 6.07) is 6.57. The first-order valence-electron chi connectivity index (χ1n) is 7.19. The fourth-order valence-electron chi connectivity index (χ4n) is 2.64. The molecule has 5 nitrogen and oxygen atoms in total. The van der Waals surface area contributed by atoms with E-state index in [1.807, 2.05) is 13.0 Å². The van der Waals surface area contributed by atoms with Crippen molar-refractivity contribution in [1.29, 1.82) is 0 Å². The molecule has 1 aromatic carbocycles. The Morgan fingerprint density at radius 3 is 2.32 bits per heavy atom. The van der Waals surface area contributed by atoms with E-state index >= 15 is 0 Å². The number of carbonyl (C=O) groups is 3. The number of hydrogen-bond donors (Lipinski definition) is 2. The molecule has 0 heterocycles. The molecule has 0 bridgehead atoms. The maximum absolute atomic E-state index is 12.4. The third kappa shape index (κ3) is 3.61. The monoisotopic (exact) mass is 301 g/mol. The van der Waals surface area contributed by atoms with E-state index in [1.165, 1.54) is 6.92 Å². The van der Waals surface area contributed by atoms with Crippen LogP contribution in [0.5, 0.6) is 0 Å². The van der Waals surface area contributed by atoms with E-state index in [2.05, 4.69) is 5.32 Å². The first-order valence-corrected chi connectivity index (χ1v) is 7.19. The van der Waals surface area contributed by atoms with Gasteiger partial charge < -0.3 is 10.4 Å². The Balaban J connectivity index is 2.11. The summed E-state index contributed by atoms with van der Waals surface area (Å²) in [5.74, 6) is -2.56. The summed E-state index contributed by atoms with van der Waals surface area (Å²) in [5.41, 5.74) is 2.16. The summed E-state index contributed by atoms with van der Waals surface area (Å²) in [6.45, 7) is 3.38. The van der Waals surface area contributed by atoms with Crippen LogP contribution in [0.3, 0.4) is 0 Å². The molecule has 0 unspecified atom stereocenters. The van der Waals surface area contributed by atoms with Crippen LogP contribution in [0.15, 0.2) is 35.9 Å². The van der Waals surface area contributed by atoms with Gasteiger partial charge in [-0.2, -0.15) is 0 Å². The molecule has 0 aromatic heterocycles. The van der Waals surface area contributed by atoms with Gasteiger partial charge in [0.05, 0.1) is 11.8 Å². The van der Waals surface area contributed by atoms with Gasteiger partial charge in [0.2, 0.25) is 5.91 Å². The number of rotatable bonds is 4. The van der Waals surface area contributed by atoms with Crippen molar-refractivity contribution in [3.63, 3.8) is 0 Å². The molecule has 5 heteroatoms. The summed E-state index contributed by atoms with van der Waals surface area (Å²) in [6.07, 6.45) is 2.71. The largest absolute Gasteiger partial charge is 0.481 e. The highest BCUT2D eigenvalue weighted by atomic mass is 16.4. The van der Waals surface area contributed by atoms with Crippen LogP contribution in [0, 0.1) is 11.8 Å². The normalized spacial score (nSPS) is 20.9. The van der Waals surface area contributed by atoms with Crippen LogP contribution in [-0.2, 0) is 9.59 Å². The van der Waals surface area contributed by atoms with E-state index < -0.39 is 17.8 Å². The highest BCUT2D eigenvalue weighted by Gasteiger charge is 2.35. The van der Waals surface area contributed by atoms with Gasteiger partial charge in [0.1, 0.15) is 0 Å². The van der Waals surface area contributed by atoms with Gasteiger partial charge in [0.25, 0.3) is 0 Å². The van der Waals surface area contributed by atoms with Crippen molar-refractivity contribution in [2.45, 2.75) is 26.7 Å². The summed E-state index contributed by atoms with van der Waals surface area (Å²) in [5, 5.41) is 12.0. The number of ketones is 1. The summed E-state index contributed by atoms with van der Waals surface area (Å²) in [7, 11) is 0. The van der Waals surface area contributed by atoms with Crippen molar-refractivity contribution < 1.29 is 19.5 Å². The van der Waals surface area contributed by atoms with Gasteiger partial charge in [0.15, 0.2) is 5.78 Å². The van der Waals surface area contributed by atoms with Crippen molar-refractivity contribution >= 4 is 23.3 Å². The minimum Gasteiger partial charge on any atom is -0.481 e. The lowest BCUT2D eigenvalue weighted by atomic mass is 9.79. The van der Waals surface area contributed by atoms with Crippen molar-refractivity contribution in [1.82, 2.24) is 0 Å². The maximum atomic E-state index is 12.4. The van der Waals surface area contributed by atoms with E-state index in [9.17, 15) is 19.5 Å². The summed E-state index contributed by atoms with van der Waals surface area (Å²) in [4.78, 5) is 34.9. The van der Waals surface area contributed by atoms with E-state index in [-0.39, 0.29) is 11.7 Å². The van der Waals surface area contributed by atoms with Gasteiger partial charge in [0, 0.05) is 11.3 Å². The van der Waals surface area contributed by atoms with E-state index in [0.717, 1.165) is 5.57 Å². The highest BCUT2D eigenvalue weighted by molar-refractivity contribution is 5.97. The second kappa shape index (κ2) is 6.56. The average Bonchev–Trinajstić information content (AvgIpc) is 2.47. The lowest BCUT2D eigenvalue weighted by Gasteiger charge is -2.26. The molecule has 2 N–H and O–H groups in total. The number of carboxylic acids is 1. The molecule has 1 amide bonds. The molecule has 1 aliphatic carbocycles. The molecule has 0 saturated heterocycles. The van der Waals surface area contributed by atoms with Gasteiger partial charge in [-0.3, -0.25) is 14.4 Å². The summed E-state index contributed by atoms with van der Waals surface area (Å²) >= 11 is 0. The standard InChI is InChI=1S/C17H19NO4/c1-10-3-8-14(17(21)22)15(9-10)16(20)18-13-6-4-12(5-7-13)11(2)19/h3-7,14-15H,8-9H2,1-2H3,(H,18,20)(H,21,22)/t14-,15+/m1/s1. The van der Waals surface area contributed by atoms with Gasteiger partial charge in [-0.15, -0.1) is 0 Å². The van der Waals surface area contributed by atoms with Crippen LogP contribution in [0.2, 0.25) is 0 Å². The first-order chi connectivity index (χ1) is 10.4. The van der Waals surface area contributed by atoms with Gasteiger partial charge >= 0.3 is 5.97 Å². The maximum Gasteiger partial charge on any atom is 0.307 e. The molecule has 2 rings (SSSR count). The fourth-order valence-corrected chi connectivity index (χ4v) is 2.64. The minimum absolute atomic E-state index is 0.0446. The Kier molecular flexibility index (Phi) is 4.75. The van der Waals surface area contributed by atoms with Crippen molar-refractivity contribution in [2.75, 3.05) is 5.32 Å². The number of anilines is 1. The third-order valence-electron chi connectivity index (χ3n) is 3.96. The topological polar surface area (TPSA) is 83.5 Å². The molecule has 2 atom stereocenters. The number of benzene rings is 1. The SMILES string of the molecule is CC(=O)c1ccc(NC(=O)[C@H]2CC(C)=CC[C@H]2C(=O)O)cc1. The highest BCUT2D eigenvalue weighted by Crippen LogP contribution is 2.31. The molecular weight excluding hydrogens is 282 g/mol. The fraction of sp³-hybridized carbons (Fsp3) is 0.353. The van der Waals surface area contributed by atoms with Crippen LogP contribution >= 0.6 is 0 Å². The predicted molar refractivity (Wildman–Crippen MR) is 82.7 cm³/mol. The number of hydrogen-bond acceptors (Lipinski definition) is 3. The quantitative estimate of drug-likeness (QED) is 0.661. The first kappa shape index (κ1) is 15.9. The van der Waals surface area contributed by atoms with E-state index in [4.69, 9.17) is 0 Å². The molecule has 0 radical (unpaired) electrons. The van der Waals surface area contributed by atoms with Crippen LogP contribution in [0.4, 0.5) is 5.69 Å². The number of carbonyl (C=O) groups excluding carboxylic acids is 2. The molecule has 22 heavy (non-hydrogen) atoms. The zero-order valence-corrected chi connectivity index (χ0v) is 12.6. The lowest BCUT2D eigenvalue weighted by Crippen LogP contribution is -2.35. The Hall–Kier alpha value is -2.43. The Bertz CT molecular complexity index is 631. The number of amides is 1. The molecule has 0 spiro atoms. The molecule has 0 aliphatic heterocycles. The molecule has 0 saturated carbocycles. The van der Waals surface area contributed by atoms with Crippen molar-refractivity contribution in [3.05, 3.63) is 41.5 Å². The Labute approximate surface area is 129 Å². The van der Waals surface area contributed by atoms with Gasteiger partial charge in [-0.05, 0) is 51.0 Å². The van der Waals surface area contributed by atoms with Crippen LogP contribution in [0.1, 0.15) is 37.0 Å². The smallest absolute Gasteiger partial charge is 0.307 e. The number of allylic oxidation sites excluding steroid dienone is 2. The van der Waals surface area contributed by atoms with E-state index in [1.54, 1.807) is 24.3 Å². The molecular formula is C17H19NO4. The van der Waals surface area contributed by atoms with Crippen molar-refractivity contribution in [3.8, 4) is 0 Å². The molecule has 1 aromatic rings.